The fraction of sp³-hybridized carbons (Fsp3) is 0.778. The molecule has 0 fully saturated rings. The minimum atomic E-state index is -3.45. The Labute approximate surface area is 101 Å². The van der Waals surface area contributed by atoms with Crippen molar-refractivity contribution in [3.63, 3.8) is 0 Å². The van der Waals surface area contributed by atoms with Crippen molar-refractivity contribution >= 4 is 10.2 Å². The van der Waals surface area contributed by atoms with E-state index in [1.165, 1.54) is 14.1 Å². The van der Waals surface area contributed by atoms with Gasteiger partial charge in [0.05, 0.1) is 6.54 Å². The minimum Gasteiger partial charge on any atom is -0.339 e. The van der Waals surface area contributed by atoms with Crippen molar-refractivity contribution in [2.45, 2.75) is 26.8 Å². The molecule has 8 heteroatoms. The van der Waals surface area contributed by atoms with E-state index in [-0.39, 0.29) is 6.54 Å². The highest BCUT2D eigenvalue weighted by atomic mass is 32.2. The molecular formula is C9H18N4O3S. The molecule has 0 aliphatic carbocycles. The van der Waals surface area contributed by atoms with Crippen LogP contribution in [0.1, 0.15) is 25.6 Å². The van der Waals surface area contributed by atoms with Crippen LogP contribution in [0.4, 0.5) is 0 Å². The number of nitrogens with one attached hydrogen (secondary N) is 1. The molecule has 0 atom stereocenters. The van der Waals surface area contributed by atoms with Crippen molar-refractivity contribution in [3.8, 4) is 0 Å². The van der Waals surface area contributed by atoms with Crippen molar-refractivity contribution in [3.05, 3.63) is 11.7 Å². The van der Waals surface area contributed by atoms with E-state index in [4.69, 9.17) is 4.52 Å². The quantitative estimate of drug-likeness (QED) is 0.789. The summed E-state index contributed by atoms with van der Waals surface area (Å²) in [6, 6.07) is 0. The smallest absolute Gasteiger partial charge is 0.279 e. The van der Waals surface area contributed by atoms with Gasteiger partial charge >= 0.3 is 0 Å². The van der Waals surface area contributed by atoms with Gasteiger partial charge in [0.15, 0.2) is 5.82 Å². The van der Waals surface area contributed by atoms with Crippen LogP contribution in [-0.4, -0.2) is 37.0 Å². The topological polar surface area (TPSA) is 88.3 Å². The zero-order valence-electron chi connectivity index (χ0n) is 10.5. The third-order valence-electron chi connectivity index (χ3n) is 1.99. The van der Waals surface area contributed by atoms with Gasteiger partial charge in [-0.3, -0.25) is 0 Å². The molecule has 0 unspecified atom stereocenters. The average Bonchev–Trinajstić information content (AvgIpc) is 2.61. The summed E-state index contributed by atoms with van der Waals surface area (Å²) in [4.78, 5) is 4.09. The molecule has 0 spiro atoms. The first kappa shape index (κ1) is 14.1. The van der Waals surface area contributed by atoms with Crippen molar-refractivity contribution in [1.29, 1.82) is 0 Å². The van der Waals surface area contributed by atoms with E-state index in [9.17, 15) is 8.42 Å². The number of rotatable bonds is 6. The Morgan fingerprint density at radius 3 is 2.59 bits per heavy atom. The van der Waals surface area contributed by atoms with Gasteiger partial charge in [0, 0.05) is 20.5 Å². The van der Waals surface area contributed by atoms with Gasteiger partial charge in [-0.15, -0.1) is 0 Å². The van der Waals surface area contributed by atoms with Crippen molar-refractivity contribution in [1.82, 2.24) is 19.2 Å². The van der Waals surface area contributed by atoms with Crippen LogP contribution >= 0.6 is 0 Å². The summed E-state index contributed by atoms with van der Waals surface area (Å²) in [6.45, 7) is 4.11. The molecule has 0 aromatic carbocycles. The maximum absolute atomic E-state index is 11.4. The summed E-state index contributed by atoms with van der Waals surface area (Å²) in [5.41, 5.74) is 0. The Bertz CT molecular complexity index is 453. The molecule has 7 nitrogen and oxygen atoms in total. The van der Waals surface area contributed by atoms with E-state index in [1.807, 2.05) is 13.8 Å². The van der Waals surface area contributed by atoms with E-state index in [1.54, 1.807) is 0 Å². The second kappa shape index (κ2) is 5.56. The molecule has 1 N–H and O–H groups in total. The van der Waals surface area contributed by atoms with Crippen molar-refractivity contribution < 1.29 is 12.9 Å². The van der Waals surface area contributed by atoms with Crippen molar-refractivity contribution in [2.75, 3.05) is 14.1 Å². The molecule has 0 radical (unpaired) electrons. The molecular weight excluding hydrogens is 244 g/mol. The zero-order valence-corrected chi connectivity index (χ0v) is 11.3. The molecule has 1 heterocycles. The molecule has 0 bridgehead atoms. The van der Waals surface area contributed by atoms with Gasteiger partial charge < -0.3 is 4.52 Å². The lowest BCUT2D eigenvalue weighted by molar-refractivity contribution is 0.358. The molecule has 0 aliphatic rings. The van der Waals surface area contributed by atoms with Crippen LogP contribution in [-0.2, 0) is 23.2 Å². The SMILES string of the molecule is CC(C)Cc1nc(CNS(=O)(=O)N(C)C)no1. The fourth-order valence-corrected chi connectivity index (χ4v) is 1.65. The summed E-state index contributed by atoms with van der Waals surface area (Å²) in [5, 5.41) is 3.70. The monoisotopic (exact) mass is 262 g/mol. The van der Waals surface area contributed by atoms with Crippen LogP contribution in [0.5, 0.6) is 0 Å². The summed E-state index contributed by atoms with van der Waals surface area (Å²) in [7, 11) is -0.554. The average molecular weight is 262 g/mol. The molecule has 0 aliphatic heterocycles. The third-order valence-corrected chi connectivity index (χ3v) is 3.46. The van der Waals surface area contributed by atoms with Crippen LogP contribution in [0.3, 0.4) is 0 Å². The van der Waals surface area contributed by atoms with Crippen LogP contribution in [0.2, 0.25) is 0 Å². The van der Waals surface area contributed by atoms with E-state index < -0.39 is 10.2 Å². The third kappa shape index (κ3) is 4.41. The summed E-state index contributed by atoms with van der Waals surface area (Å²) in [5.74, 6) is 1.28. The van der Waals surface area contributed by atoms with E-state index in [0.717, 1.165) is 4.31 Å². The highest BCUT2D eigenvalue weighted by Crippen LogP contribution is 2.05. The summed E-state index contributed by atoms with van der Waals surface area (Å²) >= 11 is 0. The van der Waals surface area contributed by atoms with Gasteiger partial charge in [0.2, 0.25) is 5.89 Å². The van der Waals surface area contributed by atoms with E-state index in [0.29, 0.717) is 24.1 Å². The molecule has 98 valence electrons. The van der Waals surface area contributed by atoms with Crippen LogP contribution in [0.15, 0.2) is 4.52 Å². The summed E-state index contributed by atoms with van der Waals surface area (Å²) in [6.07, 6.45) is 0.688. The molecule has 1 aromatic heterocycles. The number of hydrogen-bond acceptors (Lipinski definition) is 5. The molecule has 0 amide bonds. The Hall–Kier alpha value is -0.990. The lowest BCUT2D eigenvalue weighted by atomic mass is 10.1. The number of aromatic nitrogens is 2. The van der Waals surface area contributed by atoms with Crippen LogP contribution in [0, 0.1) is 5.92 Å². The number of nitrogens with zero attached hydrogens (tertiary/aromatic N) is 3. The molecule has 17 heavy (non-hydrogen) atoms. The molecule has 1 rings (SSSR count). The van der Waals surface area contributed by atoms with E-state index in [2.05, 4.69) is 14.9 Å². The highest BCUT2D eigenvalue weighted by Gasteiger charge is 2.15. The van der Waals surface area contributed by atoms with Gasteiger partial charge in [-0.05, 0) is 5.92 Å². The Morgan fingerprint density at radius 2 is 2.06 bits per heavy atom. The normalized spacial score (nSPS) is 12.6. The zero-order chi connectivity index (χ0) is 13.1. The lowest BCUT2D eigenvalue weighted by Crippen LogP contribution is -2.35. The lowest BCUT2D eigenvalue weighted by Gasteiger charge is -2.10. The Morgan fingerprint density at radius 1 is 1.41 bits per heavy atom. The Kier molecular flexibility index (Phi) is 4.61. The van der Waals surface area contributed by atoms with Gasteiger partial charge in [-0.25, -0.2) is 0 Å². The fourth-order valence-electron chi connectivity index (χ4n) is 1.08. The first-order chi connectivity index (χ1) is 7.81. The van der Waals surface area contributed by atoms with Crippen LogP contribution < -0.4 is 4.72 Å². The Balaban J connectivity index is 2.56. The van der Waals surface area contributed by atoms with E-state index >= 15 is 0 Å². The summed E-state index contributed by atoms with van der Waals surface area (Å²) < 4.78 is 31.3. The first-order valence-electron chi connectivity index (χ1n) is 5.30. The maximum atomic E-state index is 11.4. The van der Waals surface area contributed by atoms with Crippen molar-refractivity contribution in [2.24, 2.45) is 5.92 Å². The minimum absolute atomic E-state index is 0.0299. The van der Waals surface area contributed by atoms with Gasteiger partial charge in [-0.1, -0.05) is 19.0 Å². The maximum Gasteiger partial charge on any atom is 0.279 e. The number of hydrogen-bond donors (Lipinski definition) is 1. The van der Waals surface area contributed by atoms with Gasteiger partial charge in [0.25, 0.3) is 10.2 Å². The predicted molar refractivity (Wildman–Crippen MR) is 62.3 cm³/mol. The highest BCUT2D eigenvalue weighted by molar-refractivity contribution is 7.87. The van der Waals surface area contributed by atoms with Gasteiger partial charge in [0.1, 0.15) is 0 Å². The van der Waals surface area contributed by atoms with Gasteiger partial charge in [-0.2, -0.15) is 22.4 Å². The predicted octanol–water partition coefficient (Wildman–Crippen LogP) is 0.164. The molecule has 1 aromatic rings. The largest absolute Gasteiger partial charge is 0.339 e. The first-order valence-corrected chi connectivity index (χ1v) is 6.74. The standard InChI is InChI=1S/C9H18N4O3S/c1-7(2)5-9-11-8(12-16-9)6-10-17(14,15)13(3)4/h7,10H,5-6H2,1-4H3. The molecule has 0 saturated heterocycles. The van der Waals surface area contributed by atoms with Crippen LogP contribution in [0.25, 0.3) is 0 Å². The second-order valence-electron chi connectivity index (χ2n) is 4.31. The second-order valence-corrected chi connectivity index (χ2v) is 6.28. The molecule has 0 saturated carbocycles.